The van der Waals surface area contributed by atoms with E-state index < -0.39 is 5.60 Å². The van der Waals surface area contributed by atoms with Crippen LogP contribution >= 0.6 is 11.6 Å². The molecule has 2 nitrogen and oxygen atoms in total. The number of aliphatic hydroxyl groups is 1. The van der Waals surface area contributed by atoms with Crippen molar-refractivity contribution < 1.29 is 5.11 Å². The zero-order chi connectivity index (χ0) is 16.3. The lowest BCUT2D eigenvalue weighted by Gasteiger charge is -2.43. The Morgan fingerprint density at radius 3 is 2.26 bits per heavy atom. The molecule has 1 fully saturated rings. The summed E-state index contributed by atoms with van der Waals surface area (Å²) in [5.41, 5.74) is 0.707. The van der Waals surface area contributed by atoms with Crippen LogP contribution in [0.5, 0.6) is 0 Å². The Balaban J connectivity index is 2.06. The van der Waals surface area contributed by atoms with E-state index >= 15 is 0 Å². The monoisotopic (exact) mass is 329 g/mol. The van der Waals surface area contributed by atoms with E-state index in [9.17, 15) is 5.11 Å². The van der Waals surface area contributed by atoms with Crippen molar-refractivity contribution in [2.75, 3.05) is 13.1 Å². The summed E-state index contributed by atoms with van der Waals surface area (Å²) >= 11 is 6.20. The Morgan fingerprint density at radius 2 is 1.61 bits per heavy atom. The molecule has 2 unspecified atom stereocenters. The second-order valence-electron chi connectivity index (χ2n) is 6.42. The van der Waals surface area contributed by atoms with Crippen molar-refractivity contribution in [3.05, 3.63) is 70.7 Å². The molecule has 23 heavy (non-hydrogen) atoms. The van der Waals surface area contributed by atoms with Crippen molar-refractivity contribution in [3.8, 4) is 0 Å². The van der Waals surface area contributed by atoms with Crippen LogP contribution in [-0.4, -0.2) is 29.1 Å². The second kappa shape index (κ2) is 7.04. The van der Waals surface area contributed by atoms with Gasteiger partial charge in [-0.25, -0.2) is 0 Å². The molecule has 0 saturated carbocycles. The molecule has 0 bridgehead atoms. The summed E-state index contributed by atoms with van der Waals surface area (Å²) in [5.74, 6) is 0. The lowest BCUT2D eigenvalue weighted by atomic mass is 9.79. The van der Waals surface area contributed by atoms with E-state index in [0.29, 0.717) is 5.02 Å². The van der Waals surface area contributed by atoms with Gasteiger partial charge in [0.25, 0.3) is 0 Å². The molecule has 1 heterocycles. The molecule has 122 valence electrons. The third-order valence-corrected chi connectivity index (χ3v) is 5.26. The smallest absolute Gasteiger partial charge is 0.130 e. The quantitative estimate of drug-likeness (QED) is 0.895. The molecule has 3 rings (SSSR count). The van der Waals surface area contributed by atoms with Gasteiger partial charge in [0.1, 0.15) is 5.60 Å². The van der Waals surface area contributed by atoms with Crippen LogP contribution in [0, 0.1) is 0 Å². The Labute approximate surface area is 143 Å². The van der Waals surface area contributed by atoms with Gasteiger partial charge in [-0.3, -0.25) is 4.90 Å². The lowest BCUT2D eigenvalue weighted by molar-refractivity contribution is -0.0195. The standard InChI is InChI=1S/C20H24ClNO/c1-16(22-13-6-3-7-14-22)20(23,17-9-4-2-5-10-17)18-11-8-12-19(21)15-18/h2,4-5,8-12,15-16,23H,3,6-7,13-14H2,1H3. The number of halogens is 1. The van der Waals surface area contributed by atoms with Gasteiger partial charge in [0, 0.05) is 11.1 Å². The first-order chi connectivity index (χ1) is 11.1. The van der Waals surface area contributed by atoms with Crippen molar-refractivity contribution in [3.63, 3.8) is 0 Å². The summed E-state index contributed by atoms with van der Waals surface area (Å²) in [5, 5.41) is 12.5. The zero-order valence-corrected chi connectivity index (χ0v) is 14.3. The van der Waals surface area contributed by atoms with Crippen molar-refractivity contribution in [2.45, 2.75) is 37.8 Å². The van der Waals surface area contributed by atoms with Gasteiger partial charge in [0.15, 0.2) is 0 Å². The fraction of sp³-hybridized carbons (Fsp3) is 0.400. The summed E-state index contributed by atoms with van der Waals surface area (Å²) < 4.78 is 0. The maximum absolute atomic E-state index is 11.8. The molecule has 0 aliphatic carbocycles. The first-order valence-electron chi connectivity index (χ1n) is 8.40. The third-order valence-electron chi connectivity index (χ3n) is 5.02. The molecule has 3 heteroatoms. The van der Waals surface area contributed by atoms with Crippen molar-refractivity contribution in [2.24, 2.45) is 0 Å². The summed E-state index contributed by atoms with van der Waals surface area (Å²) in [6.45, 7) is 4.20. The van der Waals surface area contributed by atoms with E-state index in [1.807, 2.05) is 54.6 Å². The van der Waals surface area contributed by atoms with Gasteiger partial charge in [-0.05, 0) is 56.1 Å². The van der Waals surface area contributed by atoms with Gasteiger partial charge in [-0.2, -0.15) is 0 Å². The normalized spacial score (nSPS) is 20.0. The molecule has 1 aliphatic heterocycles. The lowest BCUT2D eigenvalue weighted by Crippen LogP contribution is -2.51. The van der Waals surface area contributed by atoms with Crippen LogP contribution < -0.4 is 0 Å². The summed E-state index contributed by atoms with van der Waals surface area (Å²) in [6.07, 6.45) is 3.68. The van der Waals surface area contributed by atoms with Crippen LogP contribution in [0.15, 0.2) is 54.6 Å². The molecular weight excluding hydrogens is 306 g/mol. The van der Waals surface area contributed by atoms with Crippen LogP contribution in [0.2, 0.25) is 5.02 Å². The van der Waals surface area contributed by atoms with E-state index in [1.165, 1.54) is 19.3 Å². The molecule has 2 atom stereocenters. The second-order valence-corrected chi connectivity index (χ2v) is 6.85. The van der Waals surface area contributed by atoms with Gasteiger partial charge >= 0.3 is 0 Å². The van der Waals surface area contributed by atoms with Crippen LogP contribution in [-0.2, 0) is 5.60 Å². The summed E-state index contributed by atoms with van der Waals surface area (Å²) in [7, 11) is 0. The van der Waals surface area contributed by atoms with E-state index in [2.05, 4.69) is 11.8 Å². The van der Waals surface area contributed by atoms with Crippen molar-refractivity contribution in [1.82, 2.24) is 4.90 Å². The molecule has 0 aromatic heterocycles. The van der Waals surface area contributed by atoms with Gasteiger partial charge < -0.3 is 5.11 Å². The molecule has 0 amide bonds. The van der Waals surface area contributed by atoms with Crippen molar-refractivity contribution >= 4 is 11.6 Å². The van der Waals surface area contributed by atoms with Crippen LogP contribution in [0.1, 0.15) is 37.3 Å². The first kappa shape index (κ1) is 16.5. The average molecular weight is 330 g/mol. The van der Waals surface area contributed by atoms with Crippen LogP contribution in [0.25, 0.3) is 0 Å². The number of hydrogen-bond acceptors (Lipinski definition) is 2. The van der Waals surface area contributed by atoms with E-state index in [1.54, 1.807) is 0 Å². The van der Waals surface area contributed by atoms with E-state index in [4.69, 9.17) is 11.6 Å². The fourth-order valence-corrected chi connectivity index (χ4v) is 3.83. The number of rotatable bonds is 4. The number of nitrogens with zero attached hydrogens (tertiary/aromatic N) is 1. The minimum absolute atomic E-state index is 0.0105. The Bertz CT molecular complexity index is 639. The number of hydrogen-bond donors (Lipinski definition) is 1. The molecule has 1 saturated heterocycles. The highest BCUT2D eigenvalue weighted by atomic mass is 35.5. The van der Waals surface area contributed by atoms with Crippen LogP contribution in [0.3, 0.4) is 0 Å². The Kier molecular flexibility index (Phi) is 5.05. The maximum Gasteiger partial charge on any atom is 0.130 e. The molecule has 2 aromatic carbocycles. The molecule has 1 aliphatic rings. The topological polar surface area (TPSA) is 23.5 Å². The highest BCUT2D eigenvalue weighted by Gasteiger charge is 2.41. The average Bonchev–Trinajstić information content (AvgIpc) is 2.62. The van der Waals surface area contributed by atoms with Gasteiger partial charge in [-0.1, -0.05) is 60.5 Å². The predicted molar refractivity (Wildman–Crippen MR) is 95.8 cm³/mol. The Hall–Kier alpha value is -1.35. The highest BCUT2D eigenvalue weighted by molar-refractivity contribution is 6.30. The number of benzene rings is 2. The molecule has 1 N–H and O–H groups in total. The van der Waals surface area contributed by atoms with Gasteiger partial charge in [0.05, 0.1) is 0 Å². The minimum Gasteiger partial charge on any atom is -0.379 e. The molecule has 2 aromatic rings. The zero-order valence-electron chi connectivity index (χ0n) is 13.6. The van der Waals surface area contributed by atoms with Crippen molar-refractivity contribution in [1.29, 1.82) is 0 Å². The van der Waals surface area contributed by atoms with E-state index in [-0.39, 0.29) is 6.04 Å². The van der Waals surface area contributed by atoms with Gasteiger partial charge in [-0.15, -0.1) is 0 Å². The highest BCUT2D eigenvalue weighted by Crippen LogP contribution is 2.37. The summed E-state index contributed by atoms with van der Waals surface area (Å²) in [4.78, 5) is 2.40. The molecule has 0 radical (unpaired) electrons. The number of piperidine rings is 1. The minimum atomic E-state index is -1.07. The predicted octanol–water partition coefficient (Wildman–Crippen LogP) is 4.45. The van der Waals surface area contributed by atoms with E-state index in [0.717, 1.165) is 24.2 Å². The van der Waals surface area contributed by atoms with Gasteiger partial charge in [0.2, 0.25) is 0 Å². The summed E-state index contributed by atoms with van der Waals surface area (Å²) in [6, 6.07) is 17.5. The van der Waals surface area contributed by atoms with Crippen LogP contribution in [0.4, 0.5) is 0 Å². The first-order valence-corrected chi connectivity index (χ1v) is 8.78. The number of likely N-dealkylation sites (tertiary alicyclic amines) is 1. The molecular formula is C20H24ClNO. The maximum atomic E-state index is 11.8. The third kappa shape index (κ3) is 3.30. The molecule has 0 spiro atoms. The largest absolute Gasteiger partial charge is 0.379 e. The fourth-order valence-electron chi connectivity index (χ4n) is 3.64. The Morgan fingerprint density at radius 1 is 0.957 bits per heavy atom. The SMILES string of the molecule is CC(N1CCCCC1)C(O)(c1ccccc1)c1cccc(Cl)c1.